The molecule has 0 fully saturated rings. The molecule has 0 aliphatic rings. The highest BCUT2D eigenvalue weighted by Gasteiger charge is 2.26. The van der Waals surface area contributed by atoms with E-state index in [1.165, 1.54) is 12.1 Å². The summed E-state index contributed by atoms with van der Waals surface area (Å²) in [6.45, 7) is -0.0435. The van der Waals surface area contributed by atoms with Gasteiger partial charge in [0, 0.05) is 12.5 Å². The number of aromatic nitrogens is 2. The SMILES string of the molecule is Nc1ccc(OCCCC(F)(F)F)nn1. The first-order valence-electron chi connectivity index (χ1n) is 4.26. The molecule has 0 saturated carbocycles. The van der Waals surface area contributed by atoms with Gasteiger partial charge in [-0.2, -0.15) is 13.2 Å². The van der Waals surface area contributed by atoms with E-state index in [4.69, 9.17) is 10.5 Å². The number of nitrogens with zero attached hydrogens (tertiary/aromatic N) is 2. The van der Waals surface area contributed by atoms with Gasteiger partial charge in [-0.1, -0.05) is 0 Å². The molecule has 0 unspecified atom stereocenters. The molecule has 0 aliphatic carbocycles. The number of halogens is 3. The molecule has 0 atom stereocenters. The van der Waals surface area contributed by atoms with Crippen molar-refractivity contribution in [2.24, 2.45) is 0 Å². The first kappa shape index (κ1) is 11.5. The lowest BCUT2D eigenvalue weighted by molar-refractivity contribution is -0.136. The summed E-state index contributed by atoms with van der Waals surface area (Å²) in [7, 11) is 0. The third-order valence-electron chi connectivity index (χ3n) is 1.52. The van der Waals surface area contributed by atoms with E-state index in [1.807, 2.05) is 0 Å². The van der Waals surface area contributed by atoms with Gasteiger partial charge in [0.05, 0.1) is 6.61 Å². The van der Waals surface area contributed by atoms with Crippen molar-refractivity contribution in [2.45, 2.75) is 19.0 Å². The molecule has 0 radical (unpaired) electrons. The van der Waals surface area contributed by atoms with Crippen LogP contribution in [0.4, 0.5) is 19.0 Å². The molecule has 0 spiro atoms. The van der Waals surface area contributed by atoms with E-state index in [9.17, 15) is 13.2 Å². The Morgan fingerprint density at radius 2 is 2.00 bits per heavy atom. The molecule has 15 heavy (non-hydrogen) atoms. The van der Waals surface area contributed by atoms with Crippen molar-refractivity contribution >= 4 is 5.82 Å². The van der Waals surface area contributed by atoms with E-state index in [-0.39, 0.29) is 24.7 Å². The second-order valence-corrected chi connectivity index (χ2v) is 2.86. The lowest BCUT2D eigenvalue weighted by Gasteiger charge is -2.06. The molecule has 1 aromatic rings. The van der Waals surface area contributed by atoms with Crippen molar-refractivity contribution in [3.05, 3.63) is 12.1 Å². The fraction of sp³-hybridized carbons (Fsp3) is 0.500. The summed E-state index contributed by atoms with van der Waals surface area (Å²) in [6, 6.07) is 2.92. The van der Waals surface area contributed by atoms with Crippen LogP contribution in [-0.2, 0) is 0 Å². The van der Waals surface area contributed by atoms with E-state index in [1.54, 1.807) is 0 Å². The van der Waals surface area contributed by atoms with Crippen LogP contribution < -0.4 is 10.5 Å². The minimum atomic E-state index is -4.14. The fourth-order valence-corrected chi connectivity index (χ4v) is 0.857. The molecule has 1 heterocycles. The highest BCUT2D eigenvalue weighted by Crippen LogP contribution is 2.21. The molecular formula is C8H10F3N3O. The quantitative estimate of drug-likeness (QED) is 0.787. The summed E-state index contributed by atoms with van der Waals surface area (Å²) < 4.78 is 40.1. The van der Waals surface area contributed by atoms with Crippen LogP contribution in [0.3, 0.4) is 0 Å². The highest BCUT2D eigenvalue weighted by atomic mass is 19.4. The summed E-state index contributed by atoms with van der Waals surface area (Å²) in [6.07, 6.45) is -5.11. The van der Waals surface area contributed by atoms with E-state index in [0.29, 0.717) is 0 Å². The monoisotopic (exact) mass is 221 g/mol. The molecule has 0 bridgehead atoms. The Balaban J connectivity index is 2.23. The maximum Gasteiger partial charge on any atom is 0.389 e. The van der Waals surface area contributed by atoms with Crippen molar-refractivity contribution in [3.8, 4) is 5.88 Å². The lowest BCUT2D eigenvalue weighted by atomic mass is 10.3. The Kier molecular flexibility index (Phi) is 3.70. The second-order valence-electron chi connectivity index (χ2n) is 2.86. The number of hydrogen-bond acceptors (Lipinski definition) is 4. The topological polar surface area (TPSA) is 61.0 Å². The number of hydrogen-bond donors (Lipinski definition) is 1. The first-order valence-corrected chi connectivity index (χ1v) is 4.26. The van der Waals surface area contributed by atoms with Crippen molar-refractivity contribution < 1.29 is 17.9 Å². The Bertz CT molecular complexity index is 299. The van der Waals surface area contributed by atoms with Gasteiger partial charge in [0.15, 0.2) is 0 Å². The molecular weight excluding hydrogens is 211 g/mol. The Labute approximate surface area is 84.2 Å². The van der Waals surface area contributed by atoms with Gasteiger partial charge in [0.1, 0.15) is 5.82 Å². The predicted molar refractivity (Wildman–Crippen MR) is 47.2 cm³/mol. The minimum absolute atomic E-state index is 0.0435. The smallest absolute Gasteiger partial charge is 0.389 e. The standard InChI is InChI=1S/C8H10F3N3O/c9-8(10,11)4-1-5-15-7-3-2-6(12)13-14-7/h2-3H,1,4-5H2,(H2,12,13). The third-order valence-corrected chi connectivity index (χ3v) is 1.52. The van der Waals surface area contributed by atoms with Crippen LogP contribution in [0.25, 0.3) is 0 Å². The van der Waals surface area contributed by atoms with Crippen LogP contribution in [0.2, 0.25) is 0 Å². The van der Waals surface area contributed by atoms with Crippen LogP contribution in [0, 0.1) is 0 Å². The van der Waals surface area contributed by atoms with Gasteiger partial charge in [-0.05, 0) is 12.5 Å². The number of alkyl halides is 3. The lowest BCUT2D eigenvalue weighted by Crippen LogP contribution is -2.10. The molecule has 84 valence electrons. The predicted octanol–water partition coefficient (Wildman–Crippen LogP) is 1.78. The average Bonchev–Trinajstić information content (AvgIpc) is 2.14. The molecule has 0 saturated heterocycles. The van der Waals surface area contributed by atoms with Gasteiger partial charge in [0.2, 0.25) is 5.88 Å². The van der Waals surface area contributed by atoms with E-state index in [0.717, 1.165) is 0 Å². The van der Waals surface area contributed by atoms with Crippen molar-refractivity contribution in [1.29, 1.82) is 0 Å². The molecule has 2 N–H and O–H groups in total. The van der Waals surface area contributed by atoms with Gasteiger partial charge in [0.25, 0.3) is 0 Å². The summed E-state index contributed by atoms with van der Waals surface area (Å²) in [5.74, 6) is 0.406. The zero-order chi connectivity index (χ0) is 11.3. The Hall–Kier alpha value is -1.53. The molecule has 1 rings (SSSR count). The summed E-state index contributed by atoms with van der Waals surface area (Å²) in [4.78, 5) is 0. The Morgan fingerprint density at radius 3 is 2.53 bits per heavy atom. The maximum atomic E-state index is 11.7. The minimum Gasteiger partial charge on any atom is -0.477 e. The fourth-order valence-electron chi connectivity index (χ4n) is 0.857. The van der Waals surface area contributed by atoms with Crippen LogP contribution in [0.1, 0.15) is 12.8 Å². The number of nitrogens with two attached hydrogens (primary N) is 1. The van der Waals surface area contributed by atoms with E-state index in [2.05, 4.69) is 10.2 Å². The molecule has 7 heteroatoms. The number of ether oxygens (including phenoxy) is 1. The first-order chi connectivity index (χ1) is 6.97. The molecule has 0 aromatic carbocycles. The third kappa shape index (κ3) is 5.04. The largest absolute Gasteiger partial charge is 0.477 e. The van der Waals surface area contributed by atoms with Crippen LogP contribution >= 0.6 is 0 Å². The van der Waals surface area contributed by atoms with Crippen molar-refractivity contribution in [2.75, 3.05) is 12.3 Å². The second kappa shape index (κ2) is 4.81. The van der Waals surface area contributed by atoms with E-state index < -0.39 is 12.6 Å². The van der Waals surface area contributed by atoms with Crippen molar-refractivity contribution in [3.63, 3.8) is 0 Å². The Morgan fingerprint density at radius 1 is 1.27 bits per heavy atom. The molecule has 0 aliphatic heterocycles. The molecule has 4 nitrogen and oxygen atoms in total. The van der Waals surface area contributed by atoms with Gasteiger partial charge in [-0.3, -0.25) is 0 Å². The average molecular weight is 221 g/mol. The van der Waals surface area contributed by atoms with Gasteiger partial charge >= 0.3 is 6.18 Å². The van der Waals surface area contributed by atoms with Gasteiger partial charge in [-0.25, -0.2) is 0 Å². The summed E-state index contributed by atoms with van der Waals surface area (Å²) >= 11 is 0. The van der Waals surface area contributed by atoms with Crippen LogP contribution in [0.5, 0.6) is 5.88 Å². The maximum absolute atomic E-state index is 11.7. The van der Waals surface area contributed by atoms with Gasteiger partial charge < -0.3 is 10.5 Å². The zero-order valence-corrected chi connectivity index (χ0v) is 7.79. The van der Waals surface area contributed by atoms with Crippen LogP contribution in [-0.4, -0.2) is 23.0 Å². The number of anilines is 1. The summed E-state index contributed by atoms with van der Waals surface area (Å²) in [5.41, 5.74) is 5.26. The van der Waals surface area contributed by atoms with E-state index >= 15 is 0 Å². The zero-order valence-electron chi connectivity index (χ0n) is 7.79. The van der Waals surface area contributed by atoms with Crippen LogP contribution in [0.15, 0.2) is 12.1 Å². The number of nitrogen functional groups attached to an aromatic ring is 1. The highest BCUT2D eigenvalue weighted by molar-refractivity contribution is 5.27. The normalized spacial score (nSPS) is 11.4. The van der Waals surface area contributed by atoms with Gasteiger partial charge in [-0.15, -0.1) is 10.2 Å². The molecule has 1 aromatic heterocycles. The summed E-state index contributed by atoms with van der Waals surface area (Å²) in [5, 5.41) is 7.02. The van der Waals surface area contributed by atoms with Crippen molar-refractivity contribution in [1.82, 2.24) is 10.2 Å². The molecule has 0 amide bonds. The number of rotatable bonds is 4.